The van der Waals surface area contributed by atoms with Crippen LogP contribution in [0.1, 0.15) is 119 Å². The van der Waals surface area contributed by atoms with Crippen molar-refractivity contribution in [3.8, 4) is 0 Å². The van der Waals surface area contributed by atoms with E-state index < -0.39 is 45.7 Å². The SMILES string of the molecule is C=C(C)[C@@H]1CC[C@]2(NC(CN3CCS(=O)(=O)CC3)C(F)(F)F)CC[C@]3(C)[C@H](CC[C@@H]4[C@@]5(C)CC=C(C6=CC[C@](CF)(C(=O)O)CC6)C(C)(C)[C@@H]5CC[C@]43C)[C@@H]12. The Hall–Kier alpha value is -1.72. The van der Waals surface area contributed by atoms with Crippen LogP contribution in [0.15, 0.2) is 35.5 Å². The molecule has 0 spiro atoms. The zero-order valence-electron chi connectivity index (χ0n) is 34.1. The van der Waals surface area contributed by atoms with Gasteiger partial charge in [0.15, 0.2) is 9.84 Å². The first-order valence-corrected chi connectivity index (χ1v) is 22.9. The van der Waals surface area contributed by atoms with Crippen molar-refractivity contribution in [2.24, 2.45) is 56.7 Å². The fourth-order valence-corrected chi connectivity index (χ4v) is 16.1. The summed E-state index contributed by atoms with van der Waals surface area (Å²) in [5.41, 5.74) is 1.44. The van der Waals surface area contributed by atoms with Gasteiger partial charge in [-0.25, -0.2) is 12.8 Å². The van der Waals surface area contributed by atoms with Gasteiger partial charge in [0.25, 0.3) is 0 Å². The Bertz CT molecular complexity index is 1730. The lowest BCUT2D eigenvalue weighted by Crippen LogP contribution is -2.70. The second-order valence-electron chi connectivity index (χ2n) is 20.7. The number of hydrogen-bond acceptors (Lipinski definition) is 5. The van der Waals surface area contributed by atoms with E-state index in [9.17, 15) is 22.7 Å². The first-order chi connectivity index (χ1) is 25.5. The van der Waals surface area contributed by atoms with Crippen molar-refractivity contribution in [1.82, 2.24) is 10.2 Å². The normalized spacial score (nSPS) is 44.5. The predicted molar refractivity (Wildman–Crippen MR) is 209 cm³/mol. The maximum absolute atomic E-state index is 15.0. The quantitative estimate of drug-likeness (QED) is 0.188. The molecule has 1 unspecified atom stereocenters. The highest BCUT2D eigenvalue weighted by atomic mass is 32.2. The minimum Gasteiger partial charge on any atom is -0.481 e. The highest BCUT2D eigenvalue weighted by Crippen LogP contribution is 2.76. The van der Waals surface area contributed by atoms with E-state index in [1.165, 1.54) is 11.1 Å². The predicted octanol–water partition coefficient (Wildman–Crippen LogP) is 9.33. The van der Waals surface area contributed by atoms with E-state index in [-0.39, 0.29) is 77.0 Å². The van der Waals surface area contributed by atoms with Gasteiger partial charge in [-0.2, -0.15) is 13.2 Å². The number of fused-ring (bicyclic) bond motifs is 7. The van der Waals surface area contributed by atoms with Gasteiger partial charge in [0.05, 0.1) is 16.9 Å². The van der Waals surface area contributed by atoms with Crippen molar-refractivity contribution in [1.29, 1.82) is 0 Å². The van der Waals surface area contributed by atoms with E-state index in [0.717, 1.165) is 50.5 Å². The van der Waals surface area contributed by atoms with Gasteiger partial charge >= 0.3 is 12.1 Å². The molecule has 2 N–H and O–H groups in total. The monoisotopic (exact) mass is 794 g/mol. The summed E-state index contributed by atoms with van der Waals surface area (Å²) in [7, 11) is -3.20. The third-order valence-electron chi connectivity index (χ3n) is 18.0. The molecule has 11 atom stereocenters. The summed E-state index contributed by atoms with van der Waals surface area (Å²) in [4.78, 5) is 13.7. The number of alkyl halides is 4. The number of halogens is 4. The molecule has 5 fully saturated rings. The van der Waals surface area contributed by atoms with E-state index in [1.54, 1.807) is 4.90 Å². The molecule has 1 heterocycles. The fraction of sp³-hybridized carbons (Fsp3) is 0.841. The molecule has 6 aliphatic carbocycles. The van der Waals surface area contributed by atoms with Crippen LogP contribution in [0.4, 0.5) is 17.6 Å². The number of carboxylic acid groups (broad SMARTS) is 1. The van der Waals surface area contributed by atoms with E-state index >= 15 is 13.2 Å². The average molecular weight is 795 g/mol. The first kappa shape index (κ1) is 41.4. The molecule has 1 saturated heterocycles. The zero-order valence-corrected chi connectivity index (χ0v) is 34.9. The number of nitrogens with zero attached hydrogens (tertiary/aromatic N) is 1. The molecule has 55 heavy (non-hydrogen) atoms. The summed E-state index contributed by atoms with van der Waals surface area (Å²) < 4.78 is 83.2. The van der Waals surface area contributed by atoms with Crippen LogP contribution >= 0.6 is 0 Å². The van der Waals surface area contributed by atoms with Gasteiger partial charge in [-0.15, -0.1) is 0 Å². The van der Waals surface area contributed by atoms with E-state index in [1.807, 2.05) is 6.08 Å². The number of allylic oxidation sites excluding steroid dienone is 5. The Morgan fingerprint density at radius 2 is 1.64 bits per heavy atom. The van der Waals surface area contributed by atoms with Crippen molar-refractivity contribution >= 4 is 15.8 Å². The summed E-state index contributed by atoms with van der Waals surface area (Å²) in [6.45, 7) is 17.9. The molecule has 0 bridgehead atoms. The van der Waals surface area contributed by atoms with Crippen molar-refractivity contribution in [3.63, 3.8) is 0 Å². The van der Waals surface area contributed by atoms with E-state index in [4.69, 9.17) is 0 Å². The van der Waals surface area contributed by atoms with Crippen LogP contribution in [0.2, 0.25) is 0 Å². The van der Waals surface area contributed by atoms with Crippen LogP contribution < -0.4 is 5.32 Å². The molecule has 11 heteroatoms. The Balaban J connectivity index is 1.17. The largest absolute Gasteiger partial charge is 0.481 e. The molecule has 7 rings (SSSR count). The molecular weight excluding hydrogens is 729 g/mol. The van der Waals surface area contributed by atoms with Crippen molar-refractivity contribution in [3.05, 3.63) is 35.5 Å². The smallest absolute Gasteiger partial charge is 0.405 e. The number of aliphatic carboxylic acids is 1. The van der Waals surface area contributed by atoms with Gasteiger partial charge in [-0.05, 0) is 146 Å². The van der Waals surface area contributed by atoms with Gasteiger partial charge in [0.2, 0.25) is 0 Å². The molecule has 0 aromatic rings. The zero-order chi connectivity index (χ0) is 40.2. The van der Waals surface area contributed by atoms with E-state index in [2.05, 4.69) is 59.5 Å². The molecule has 0 radical (unpaired) electrons. The molecule has 7 aliphatic rings. The Morgan fingerprint density at radius 1 is 0.945 bits per heavy atom. The molecule has 0 amide bonds. The third kappa shape index (κ3) is 6.44. The van der Waals surface area contributed by atoms with Crippen LogP contribution in [0.25, 0.3) is 0 Å². The maximum atomic E-state index is 15.0. The number of rotatable bonds is 8. The summed E-state index contributed by atoms with van der Waals surface area (Å²) in [5, 5.41) is 13.2. The van der Waals surface area contributed by atoms with Gasteiger partial charge in [-0.1, -0.05) is 58.9 Å². The number of sulfone groups is 1. The lowest BCUT2D eigenvalue weighted by molar-refractivity contribution is -0.225. The average Bonchev–Trinajstić information content (AvgIpc) is 3.48. The van der Waals surface area contributed by atoms with Gasteiger partial charge in [0.1, 0.15) is 12.7 Å². The molecule has 0 aromatic carbocycles. The molecule has 6 nitrogen and oxygen atoms in total. The van der Waals surface area contributed by atoms with Crippen molar-refractivity contribution in [2.75, 3.05) is 37.8 Å². The first-order valence-electron chi connectivity index (χ1n) is 21.1. The highest BCUT2D eigenvalue weighted by Gasteiger charge is 2.71. The molecule has 310 valence electrons. The highest BCUT2D eigenvalue weighted by molar-refractivity contribution is 7.91. The van der Waals surface area contributed by atoms with Gasteiger partial charge in [-0.3, -0.25) is 15.0 Å². The van der Waals surface area contributed by atoms with Crippen LogP contribution in [-0.4, -0.2) is 80.0 Å². The summed E-state index contributed by atoms with van der Waals surface area (Å²) in [5.74, 6) is 0.0899. The second-order valence-corrected chi connectivity index (χ2v) is 23.0. The minimum atomic E-state index is -4.46. The summed E-state index contributed by atoms with van der Waals surface area (Å²) >= 11 is 0. The van der Waals surface area contributed by atoms with Crippen LogP contribution in [0.3, 0.4) is 0 Å². The Labute approximate surface area is 327 Å². The number of carbonyl (C=O) groups is 1. The number of carboxylic acids is 1. The van der Waals surface area contributed by atoms with Crippen molar-refractivity contribution < 1.29 is 35.9 Å². The van der Waals surface area contributed by atoms with Gasteiger partial charge in [0, 0.05) is 25.2 Å². The topological polar surface area (TPSA) is 86.7 Å². The Kier molecular flexibility index (Phi) is 10.3. The number of nitrogens with one attached hydrogen (secondary N) is 1. The van der Waals surface area contributed by atoms with Crippen LogP contribution in [-0.2, 0) is 14.6 Å². The second kappa shape index (κ2) is 13.7. The minimum absolute atomic E-state index is 0.00596. The fourth-order valence-electron chi connectivity index (χ4n) is 14.8. The number of hydrogen-bond donors (Lipinski definition) is 2. The lowest BCUT2D eigenvalue weighted by Gasteiger charge is -2.72. The lowest BCUT2D eigenvalue weighted by atomic mass is 9.33. The maximum Gasteiger partial charge on any atom is 0.405 e. The summed E-state index contributed by atoms with van der Waals surface area (Å²) in [6.07, 6.45) is 9.29. The van der Waals surface area contributed by atoms with Gasteiger partial charge < -0.3 is 5.11 Å². The molecule has 1 aliphatic heterocycles. The van der Waals surface area contributed by atoms with Crippen molar-refractivity contribution in [2.45, 2.75) is 136 Å². The summed E-state index contributed by atoms with van der Waals surface area (Å²) in [6, 6.07) is -1.73. The molecule has 4 saturated carbocycles. The van der Waals surface area contributed by atoms with Crippen LogP contribution in [0.5, 0.6) is 0 Å². The van der Waals surface area contributed by atoms with Crippen LogP contribution in [0, 0.1) is 56.7 Å². The standard InChI is InChI=1S/C44H66F4N2O4S/c1-28(2)30-12-19-43(49-35(44(46,47)48)26-50-22-24-55(53,54)25-23-50)21-20-40(6)32(36(30)43)8-9-34-39(5)15-13-31(38(3,4)33(39)14-16-41(34,40)7)29-10-17-42(27-45,18-11-29)37(51)52/h10,13,30,32-36,49H,1,8-9,11-12,14-27H2,2-7H3,(H,51,52)/t30-,32+,33-,34+,35?,36+,39-,40+,41+,42-,43-/m0/s1. The molecular formula is C44H66F4N2O4S. The Morgan fingerprint density at radius 3 is 2.22 bits per heavy atom. The third-order valence-corrected chi connectivity index (χ3v) is 19.7. The molecule has 0 aromatic heterocycles. The van der Waals surface area contributed by atoms with E-state index in [0.29, 0.717) is 37.5 Å².